The Hall–Kier alpha value is -2.08. The van der Waals surface area contributed by atoms with Crippen LogP contribution >= 0.6 is 23.2 Å². The highest BCUT2D eigenvalue weighted by molar-refractivity contribution is 6.35. The standard InChI is InChI=1S/C21H23Cl2N3O2/c1-14(27)24-18-6-8-19(9-7-18)25-21(28)16-3-2-10-26(13-16)12-15-4-5-17(22)11-20(15)23/h4-9,11,16H,2-3,10,12-13H2,1H3,(H,24,27)(H,25,28)/t16-/m0/s1. The molecule has 1 aliphatic heterocycles. The number of halogens is 2. The minimum atomic E-state index is -0.125. The van der Waals surface area contributed by atoms with Crippen LogP contribution in [-0.2, 0) is 16.1 Å². The summed E-state index contributed by atoms with van der Waals surface area (Å²) in [5.74, 6) is -0.186. The zero-order valence-electron chi connectivity index (χ0n) is 15.7. The summed E-state index contributed by atoms with van der Waals surface area (Å²) in [6.07, 6.45) is 1.82. The van der Waals surface area contributed by atoms with E-state index in [-0.39, 0.29) is 17.7 Å². The first kappa shape index (κ1) is 20.6. The minimum Gasteiger partial charge on any atom is -0.326 e. The zero-order valence-corrected chi connectivity index (χ0v) is 17.2. The van der Waals surface area contributed by atoms with E-state index in [0.717, 1.165) is 30.6 Å². The number of benzene rings is 2. The predicted octanol–water partition coefficient (Wildman–Crippen LogP) is 4.80. The number of hydrogen-bond donors (Lipinski definition) is 2. The van der Waals surface area contributed by atoms with Gasteiger partial charge in [0.25, 0.3) is 0 Å². The largest absolute Gasteiger partial charge is 0.326 e. The molecule has 2 amide bonds. The molecule has 2 aromatic carbocycles. The van der Waals surface area contributed by atoms with Crippen molar-refractivity contribution in [1.82, 2.24) is 4.90 Å². The molecule has 2 N–H and O–H groups in total. The number of nitrogens with zero attached hydrogens (tertiary/aromatic N) is 1. The zero-order chi connectivity index (χ0) is 20.1. The molecule has 0 spiro atoms. The van der Waals surface area contributed by atoms with Crippen molar-refractivity contribution in [3.63, 3.8) is 0 Å². The fourth-order valence-corrected chi connectivity index (χ4v) is 3.86. The van der Waals surface area contributed by atoms with Crippen LogP contribution in [0.15, 0.2) is 42.5 Å². The number of carbonyl (C=O) groups is 2. The molecule has 7 heteroatoms. The van der Waals surface area contributed by atoms with Crippen molar-refractivity contribution in [1.29, 1.82) is 0 Å². The molecule has 0 unspecified atom stereocenters. The maximum absolute atomic E-state index is 12.7. The molecule has 1 atom stereocenters. The monoisotopic (exact) mass is 419 g/mol. The summed E-state index contributed by atoms with van der Waals surface area (Å²) < 4.78 is 0. The van der Waals surface area contributed by atoms with Gasteiger partial charge in [0.1, 0.15) is 0 Å². The van der Waals surface area contributed by atoms with E-state index in [1.54, 1.807) is 30.3 Å². The summed E-state index contributed by atoms with van der Waals surface area (Å²) in [5.41, 5.74) is 2.44. The van der Waals surface area contributed by atoms with Gasteiger partial charge in [-0.1, -0.05) is 29.3 Å². The number of anilines is 2. The van der Waals surface area contributed by atoms with Gasteiger partial charge in [-0.3, -0.25) is 14.5 Å². The van der Waals surface area contributed by atoms with Gasteiger partial charge >= 0.3 is 0 Å². The Morgan fingerprint density at radius 3 is 2.39 bits per heavy atom. The van der Waals surface area contributed by atoms with E-state index >= 15 is 0 Å². The highest BCUT2D eigenvalue weighted by Crippen LogP contribution is 2.25. The van der Waals surface area contributed by atoms with Crippen LogP contribution in [0.2, 0.25) is 10.0 Å². The van der Waals surface area contributed by atoms with Gasteiger partial charge in [-0.2, -0.15) is 0 Å². The Kier molecular flexibility index (Phi) is 6.94. The number of carbonyl (C=O) groups excluding carboxylic acids is 2. The van der Waals surface area contributed by atoms with E-state index in [1.165, 1.54) is 6.92 Å². The number of nitrogens with one attached hydrogen (secondary N) is 2. The summed E-state index contributed by atoms with van der Waals surface area (Å²) >= 11 is 12.2. The number of amides is 2. The van der Waals surface area contributed by atoms with Crippen LogP contribution in [0.25, 0.3) is 0 Å². The number of hydrogen-bond acceptors (Lipinski definition) is 3. The summed E-state index contributed by atoms with van der Waals surface area (Å²) in [4.78, 5) is 26.0. The van der Waals surface area contributed by atoms with E-state index in [2.05, 4.69) is 15.5 Å². The highest BCUT2D eigenvalue weighted by Gasteiger charge is 2.26. The van der Waals surface area contributed by atoms with Crippen molar-refractivity contribution in [2.75, 3.05) is 23.7 Å². The summed E-state index contributed by atoms with van der Waals surface area (Å²) in [6.45, 7) is 3.79. The van der Waals surface area contributed by atoms with Crippen molar-refractivity contribution in [3.8, 4) is 0 Å². The SMILES string of the molecule is CC(=O)Nc1ccc(NC(=O)[C@H]2CCCN(Cc3ccc(Cl)cc3Cl)C2)cc1. The third kappa shape index (κ3) is 5.71. The van der Waals surface area contributed by atoms with Gasteiger partial charge in [-0.05, 0) is 61.3 Å². The molecule has 1 saturated heterocycles. The first-order chi connectivity index (χ1) is 13.4. The lowest BCUT2D eigenvalue weighted by Crippen LogP contribution is -2.40. The second-order valence-corrected chi connectivity index (χ2v) is 7.90. The van der Waals surface area contributed by atoms with E-state index < -0.39 is 0 Å². The maximum Gasteiger partial charge on any atom is 0.228 e. The lowest BCUT2D eigenvalue weighted by Gasteiger charge is -2.32. The topological polar surface area (TPSA) is 61.4 Å². The molecule has 2 aromatic rings. The second kappa shape index (κ2) is 9.41. The Labute approximate surface area is 175 Å². The quantitative estimate of drug-likeness (QED) is 0.731. The van der Waals surface area contributed by atoms with Crippen LogP contribution in [-0.4, -0.2) is 29.8 Å². The molecule has 1 aliphatic rings. The predicted molar refractivity (Wildman–Crippen MR) is 114 cm³/mol. The Morgan fingerprint density at radius 2 is 1.75 bits per heavy atom. The third-order valence-corrected chi connectivity index (χ3v) is 5.35. The minimum absolute atomic E-state index is 0.0131. The van der Waals surface area contributed by atoms with Gasteiger partial charge < -0.3 is 10.6 Å². The molecule has 0 aliphatic carbocycles. The van der Waals surface area contributed by atoms with Crippen molar-refractivity contribution >= 4 is 46.4 Å². The molecule has 5 nitrogen and oxygen atoms in total. The summed E-state index contributed by atoms with van der Waals surface area (Å²) in [6, 6.07) is 12.6. The van der Waals surface area contributed by atoms with Crippen LogP contribution in [0.1, 0.15) is 25.3 Å². The van der Waals surface area contributed by atoms with Gasteiger partial charge in [0, 0.05) is 41.4 Å². The van der Waals surface area contributed by atoms with Crippen molar-refractivity contribution in [2.24, 2.45) is 5.92 Å². The molecule has 0 saturated carbocycles. The van der Waals surface area contributed by atoms with Crippen LogP contribution in [0.3, 0.4) is 0 Å². The van der Waals surface area contributed by atoms with Crippen LogP contribution < -0.4 is 10.6 Å². The normalized spacial score (nSPS) is 17.2. The molecule has 1 fully saturated rings. The average molecular weight is 420 g/mol. The third-order valence-electron chi connectivity index (χ3n) is 4.76. The number of piperidine rings is 1. The highest BCUT2D eigenvalue weighted by atomic mass is 35.5. The van der Waals surface area contributed by atoms with E-state index in [0.29, 0.717) is 28.8 Å². The molecule has 0 bridgehead atoms. The number of likely N-dealkylation sites (tertiary alicyclic amines) is 1. The van der Waals surface area contributed by atoms with Gasteiger partial charge in [-0.25, -0.2) is 0 Å². The molecule has 148 valence electrons. The molecule has 3 rings (SSSR count). The van der Waals surface area contributed by atoms with Gasteiger partial charge in [0.15, 0.2) is 0 Å². The fourth-order valence-electron chi connectivity index (χ4n) is 3.39. The van der Waals surface area contributed by atoms with Crippen molar-refractivity contribution in [2.45, 2.75) is 26.3 Å². The first-order valence-corrected chi connectivity index (χ1v) is 10.0. The Bertz CT molecular complexity index is 855. The molecule has 0 aromatic heterocycles. The lowest BCUT2D eigenvalue weighted by molar-refractivity contribution is -0.121. The van der Waals surface area contributed by atoms with E-state index in [1.807, 2.05) is 12.1 Å². The van der Waals surface area contributed by atoms with Crippen LogP contribution in [0, 0.1) is 5.92 Å². The van der Waals surface area contributed by atoms with Crippen molar-refractivity contribution < 1.29 is 9.59 Å². The molecule has 1 heterocycles. The van der Waals surface area contributed by atoms with E-state index in [4.69, 9.17) is 23.2 Å². The molecular weight excluding hydrogens is 397 g/mol. The fraction of sp³-hybridized carbons (Fsp3) is 0.333. The number of rotatable bonds is 5. The smallest absolute Gasteiger partial charge is 0.228 e. The molecule has 0 radical (unpaired) electrons. The Balaban J connectivity index is 1.57. The van der Waals surface area contributed by atoms with Gasteiger partial charge in [0.2, 0.25) is 11.8 Å². The average Bonchev–Trinajstić information content (AvgIpc) is 2.65. The lowest BCUT2D eigenvalue weighted by atomic mass is 9.96. The summed E-state index contributed by atoms with van der Waals surface area (Å²) in [5, 5.41) is 6.95. The van der Waals surface area contributed by atoms with Crippen molar-refractivity contribution in [3.05, 3.63) is 58.1 Å². The van der Waals surface area contributed by atoms with E-state index in [9.17, 15) is 9.59 Å². The van der Waals surface area contributed by atoms with Gasteiger partial charge in [0.05, 0.1) is 5.92 Å². The summed E-state index contributed by atoms with van der Waals surface area (Å²) in [7, 11) is 0. The van der Waals surface area contributed by atoms with Gasteiger partial charge in [-0.15, -0.1) is 0 Å². The first-order valence-electron chi connectivity index (χ1n) is 9.25. The van der Waals surface area contributed by atoms with Crippen LogP contribution in [0.4, 0.5) is 11.4 Å². The second-order valence-electron chi connectivity index (χ2n) is 7.06. The Morgan fingerprint density at radius 1 is 1.07 bits per heavy atom. The molecular formula is C21H23Cl2N3O2. The van der Waals surface area contributed by atoms with Crippen LogP contribution in [0.5, 0.6) is 0 Å². The maximum atomic E-state index is 12.7. The molecule has 28 heavy (non-hydrogen) atoms.